The second-order valence-corrected chi connectivity index (χ2v) is 8.81. The molecule has 3 aliphatic rings. The topological polar surface area (TPSA) is 86.8 Å². The van der Waals surface area contributed by atoms with Gasteiger partial charge < -0.3 is 29.0 Å². The predicted octanol–water partition coefficient (Wildman–Crippen LogP) is 4.57. The highest BCUT2D eigenvalue weighted by atomic mass is 16.5. The van der Waals surface area contributed by atoms with Crippen molar-refractivity contribution in [2.75, 3.05) is 58.8 Å². The summed E-state index contributed by atoms with van der Waals surface area (Å²) in [6, 6.07) is 15.5. The minimum absolute atomic E-state index is 0.436. The second kappa shape index (κ2) is 10.2. The molecule has 1 N–H and O–H groups in total. The lowest BCUT2D eigenvalue weighted by atomic mass is 10.1. The van der Waals surface area contributed by atoms with Gasteiger partial charge in [0.15, 0.2) is 17.3 Å². The van der Waals surface area contributed by atoms with Crippen LogP contribution in [0, 0.1) is 11.3 Å². The first kappa shape index (κ1) is 23.0. The molecule has 1 aromatic heterocycles. The van der Waals surface area contributed by atoms with Gasteiger partial charge in [-0.2, -0.15) is 5.26 Å². The molecule has 1 saturated heterocycles. The van der Waals surface area contributed by atoms with Crippen LogP contribution in [0.4, 0.5) is 11.5 Å². The number of nitrogens with one attached hydrogen (secondary N) is 1. The van der Waals surface area contributed by atoms with Gasteiger partial charge in [-0.3, -0.25) is 0 Å². The van der Waals surface area contributed by atoms with Crippen LogP contribution >= 0.6 is 0 Å². The summed E-state index contributed by atoms with van der Waals surface area (Å²) in [5.41, 5.74) is 2.89. The average Bonchev–Trinajstić information content (AvgIpc) is 3.29. The Morgan fingerprint density at radius 1 is 1.11 bits per heavy atom. The quantitative estimate of drug-likeness (QED) is 0.374. The number of fused-ring (bicyclic) bond motifs is 2. The number of pyridine rings is 1. The fourth-order valence-electron chi connectivity index (χ4n) is 4.40. The highest BCUT2D eigenvalue weighted by Crippen LogP contribution is 2.36. The zero-order valence-electron chi connectivity index (χ0n) is 20.1. The van der Waals surface area contributed by atoms with Crippen LogP contribution in [0.2, 0.25) is 0 Å². The minimum atomic E-state index is 0.436. The van der Waals surface area contributed by atoms with E-state index in [-0.39, 0.29) is 0 Å². The zero-order valence-corrected chi connectivity index (χ0v) is 20.1. The molecule has 0 amide bonds. The average molecular weight is 472 g/mol. The number of aromatic nitrogens is 1. The molecule has 1 aromatic carbocycles. The van der Waals surface area contributed by atoms with Gasteiger partial charge in [0.05, 0.1) is 36.7 Å². The van der Waals surface area contributed by atoms with Gasteiger partial charge in [0.25, 0.3) is 0 Å². The monoisotopic (exact) mass is 471 g/mol. The van der Waals surface area contributed by atoms with E-state index in [2.05, 4.69) is 28.2 Å². The van der Waals surface area contributed by atoms with Crippen molar-refractivity contribution in [1.29, 1.82) is 5.26 Å². The second-order valence-electron chi connectivity index (χ2n) is 8.81. The number of likely N-dealkylation sites (N-methyl/N-ethyl adjacent to an activating group) is 1. The molecule has 1 aliphatic carbocycles. The largest absolute Gasteiger partial charge is 0.493 e. The molecule has 0 spiro atoms. The van der Waals surface area contributed by atoms with E-state index in [1.165, 1.54) is 0 Å². The minimum Gasteiger partial charge on any atom is -0.493 e. The first-order valence-electron chi connectivity index (χ1n) is 11.8. The number of anilines is 2. The number of nitrogens with zero attached hydrogens (tertiary/aromatic N) is 4. The van der Waals surface area contributed by atoms with Gasteiger partial charge in [0.1, 0.15) is 11.9 Å². The van der Waals surface area contributed by atoms with Gasteiger partial charge in [0, 0.05) is 49.7 Å². The van der Waals surface area contributed by atoms with Crippen molar-refractivity contribution in [3.05, 3.63) is 54.3 Å². The van der Waals surface area contributed by atoms with E-state index in [0.29, 0.717) is 35.0 Å². The molecule has 1 fully saturated rings. The molecule has 0 atom stereocenters. The molecular formula is C27H29N5O3. The number of rotatable bonds is 8. The van der Waals surface area contributed by atoms with Gasteiger partial charge in [-0.25, -0.2) is 4.98 Å². The highest BCUT2D eigenvalue weighted by Gasteiger charge is 2.17. The fourth-order valence-corrected chi connectivity index (χ4v) is 4.40. The maximum atomic E-state index is 9.75. The summed E-state index contributed by atoms with van der Waals surface area (Å²) in [6.45, 7) is 6.03. The van der Waals surface area contributed by atoms with Gasteiger partial charge in [-0.1, -0.05) is 0 Å². The summed E-state index contributed by atoms with van der Waals surface area (Å²) in [4.78, 5) is 9.58. The SMILES string of the molecule is COc1cc2cc(C#N)c(Nc3ccc4cccoc3-4)nc2cc1OCCCN1CCN(C)CC1. The Kier molecular flexibility index (Phi) is 6.70. The summed E-state index contributed by atoms with van der Waals surface area (Å²) < 4.78 is 17.3. The molecule has 2 aromatic rings. The third-order valence-corrected chi connectivity index (χ3v) is 6.42. The Hall–Kier alpha value is -3.80. The fraction of sp³-hybridized carbons (Fsp3) is 0.333. The van der Waals surface area contributed by atoms with Crippen molar-refractivity contribution in [3.63, 3.8) is 0 Å². The van der Waals surface area contributed by atoms with Crippen molar-refractivity contribution in [3.8, 4) is 28.9 Å². The number of piperazine rings is 1. The maximum absolute atomic E-state index is 9.75. The number of hydrogen-bond donors (Lipinski definition) is 1. The maximum Gasteiger partial charge on any atom is 0.163 e. The first-order valence-corrected chi connectivity index (χ1v) is 11.8. The molecule has 0 saturated carbocycles. The van der Waals surface area contributed by atoms with Crippen molar-refractivity contribution in [2.24, 2.45) is 0 Å². The summed E-state index contributed by atoms with van der Waals surface area (Å²) in [5.74, 6) is 2.47. The molecule has 0 unspecified atom stereocenters. The smallest absolute Gasteiger partial charge is 0.163 e. The van der Waals surface area contributed by atoms with Crippen LogP contribution in [0.25, 0.3) is 22.2 Å². The third-order valence-electron chi connectivity index (χ3n) is 6.42. The molecule has 3 heterocycles. The summed E-state index contributed by atoms with van der Waals surface area (Å²) in [6.07, 6.45) is 2.57. The Bertz CT molecular complexity index is 1320. The third kappa shape index (κ3) is 5.02. The molecule has 0 bridgehead atoms. The number of hydrogen-bond acceptors (Lipinski definition) is 8. The van der Waals surface area contributed by atoms with Crippen molar-refractivity contribution >= 4 is 22.4 Å². The van der Waals surface area contributed by atoms with E-state index in [9.17, 15) is 5.26 Å². The molecule has 5 rings (SSSR count). The molecular weight excluding hydrogens is 442 g/mol. The Balaban J connectivity index is 1.34. The lowest BCUT2D eigenvalue weighted by molar-refractivity contribution is 0.145. The number of nitriles is 1. The van der Waals surface area contributed by atoms with E-state index in [1.54, 1.807) is 13.4 Å². The van der Waals surface area contributed by atoms with E-state index in [1.807, 2.05) is 42.5 Å². The number of ether oxygens (including phenoxy) is 2. The van der Waals surface area contributed by atoms with E-state index in [4.69, 9.17) is 18.9 Å². The van der Waals surface area contributed by atoms with E-state index in [0.717, 1.165) is 61.5 Å². The van der Waals surface area contributed by atoms with Crippen LogP contribution in [0.15, 0.2) is 53.1 Å². The first-order chi connectivity index (χ1) is 17.1. The van der Waals surface area contributed by atoms with Crippen LogP contribution in [-0.2, 0) is 0 Å². The van der Waals surface area contributed by atoms with Gasteiger partial charge in [-0.05, 0) is 49.9 Å². The van der Waals surface area contributed by atoms with Crippen molar-refractivity contribution < 1.29 is 13.9 Å². The van der Waals surface area contributed by atoms with Crippen LogP contribution < -0.4 is 14.8 Å². The molecule has 8 nitrogen and oxygen atoms in total. The Morgan fingerprint density at radius 3 is 2.77 bits per heavy atom. The van der Waals surface area contributed by atoms with Gasteiger partial charge in [-0.15, -0.1) is 0 Å². The predicted molar refractivity (Wildman–Crippen MR) is 136 cm³/mol. The lowest BCUT2D eigenvalue weighted by Gasteiger charge is -2.32. The van der Waals surface area contributed by atoms with E-state index < -0.39 is 0 Å². The van der Waals surface area contributed by atoms with Gasteiger partial charge in [0.2, 0.25) is 0 Å². The van der Waals surface area contributed by atoms with Crippen LogP contribution in [0.5, 0.6) is 11.5 Å². The molecule has 2 aliphatic heterocycles. The van der Waals surface area contributed by atoms with Gasteiger partial charge >= 0.3 is 0 Å². The number of benzene rings is 1. The Labute approximate surface area is 205 Å². The standard InChI is InChI=1S/C27H29N5O3/c1-31-9-11-32(12-10-31)8-4-14-34-25-17-23-20(16-24(25)33-2)15-21(18-28)27(30-23)29-22-7-6-19-5-3-13-35-26(19)22/h3,5-7,13,15-17H,4,8-12,14H2,1-2H3,(H,29,30). The van der Waals surface area contributed by atoms with Crippen LogP contribution in [0.1, 0.15) is 12.0 Å². The lowest BCUT2D eigenvalue weighted by Crippen LogP contribution is -2.44. The normalized spacial score (nSPS) is 14.8. The van der Waals surface area contributed by atoms with Crippen molar-refractivity contribution in [2.45, 2.75) is 6.42 Å². The van der Waals surface area contributed by atoms with Crippen LogP contribution in [-0.4, -0.2) is 68.3 Å². The summed E-state index contributed by atoms with van der Waals surface area (Å²) in [5, 5.41) is 13.8. The highest BCUT2D eigenvalue weighted by molar-refractivity contribution is 5.88. The van der Waals surface area contributed by atoms with Crippen LogP contribution in [0.3, 0.4) is 0 Å². The van der Waals surface area contributed by atoms with E-state index >= 15 is 0 Å². The molecule has 35 heavy (non-hydrogen) atoms. The zero-order chi connectivity index (χ0) is 24.2. The summed E-state index contributed by atoms with van der Waals surface area (Å²) >= 11 is 0. The number of methoxy groups -OCH3 is 1. The molecule has 180 valence electrons. The summed E-state index contributed by atoms with van der Waals surface area (Å²) in [7, 11) is 3.79. The molecule has 8 heteroatoms. The Morgan fingerprint density at radius 2 is 1.97 bits per heavy atom. The van der Waals surface area contributed by atoms with Crippen molar-refractivity contribution in [1.82, 2.24) is 14.8 Å². The molecule has 0 radical (unpaired) electrons.